The Morgan fingerprint density at radius 2 is 1.50 bits per heavy atom. The maximum absolute atomic E-state index is 9.83. The number of hydrogen-bond acceptors (Lipinski definition) is 2. The lowest BCUT2D eigenvalue weighted by Gasteiger charge is -2.21. The molecule has 2 aromatic carbocycles. The SMILES string of the molecule is CC[C@@H](O)c1ccc(N(C)c2cc(C)cc(C)c2)cc1. The van der Waals surface area contributed by atoms with Gasteiger partial charge in [0.1, 0.15) is 0 Å². The first-order valence-electron chi connectivity index (χ1n) is 7.11. The van der Waals surface area contributed by atoms with E-state index in [0.717, 1.165) is 17.7 Å². The van der Waals surface area contributed by atoms with Crippen molar-refractivity contribution in [3.05, 3.63) is 59.2 Å². The number of aliphatic hydroxyl groups is 1. The summed E-state index contributed by atoms with van der Waals surface area (Å²) >= 11 is 0. The molecule has 2 rings (SSSR count). The monoisotopic (exact) mass is 269 g/mol. The predicted octanol–water partition coefficient (Wildman–Crippen LogP) is 4.51. The number of rotatable bonds is 4. The number of anilines is 2. The van der Waals surface area contributed by atoms with E-state index in [4.69, 9.17) is 0 Å². The number of nitrogens with zero attached hydrogens (tertiary/aromatic N) is 1. The van der Waals surface area contributed by atoms with Crippen LogP contribution in [0.1, 0.15) is 36.1 Å². The van der Waals surface area contributed by atoms with E-state index in [-0.39, 0.29) is 6.10 Å². The Morgan fingerprint density at radius 1 is 0.950 bits per heavy atom. The fourth-order valence-electron chi connectivity index (χ4n) is 2.45. The minimum absolute atomic E-state index is 0.365. The third-order valence-corrected chi connectivity index (χ3v) is 3.65. The largest absolute Gasteiger partial charge is 0.388 e. The predicted molar refractivity (Wildman–Crippen MR) is 85.7 cm³/mol. The Morgan fingerprint density at radius 3 is 2.00 bits per heavy atom. The Labute approximate surface area is 121 Å². The van der Waals surface area contributed by atoms with E-state index in [0.29, 0.717) is 0 Å². The number of aliphatic hydroxyl groups excluding tert-OH is 1. The van der Waals surface area contributed by atoms with Gasteiger partial charge in [-0.05, 0) is 61.2 Å². The molecule has 0 bridgehead atoms. The highest BCUT2D eigenvalue weighted by Gasteiger charge is 2.08. The van der Waals surface area contributed by atoms with Crippen LogP contribution in [0.25, 0.3) is 0 Å². The van der Waals surface area contributed by atoms with Gasteiger partial charge >= 0.3 is 0 Å². The van der Waals surface area contributed by atoms with Crippen molar-refractivity contribution in [3.63, 3.8) is 0 Å². The van der Waals surface area contributed by atoms with Gasteiger partial charge in [-0.15, -0.1) is 0 Å². The zero-order valence-corrected chi connectivity index (χ0v) is 12.7. The summed E-state index contributed by atoms with van der Waals surface area (Å²) in [6.45, 7) is 6.22. The van der Waals surface area contributed by atoms with E-state index in [9.17, 15) is 5.11 Å². The van der Waals surface area contributed by atoms with Crippen molar-refractivity contribution in [2.75, 3.05) is 11.9 Å². The van der Waals surface area contributed by atoms with Gasteiger partial charge in [-0.3, -0.25) is 0 Å². The van der Waals surface area contributed by atoms with Crippen LogP contribution in [0, 0.1) is 13.8 Å². The van der Waals surface area contributed by atoms with Crippen LogP contribution >= 0.6 is 0 Å². The van der Waals surface area contributed by atoms with Crippen molar-refractivity contribution in [2.24, 2.45) is 0 Å². The van der Waals surface area contributed by atoms with Crippen molar-refractivity contribution in [2.45, 2.75) is 33.3 Å². The highest BCUT2D eigenvalue weighted by Crippen LogP contribution is 2.27. The fourth-order valence-corrected chi connectivity index (χ4v) is 2.45. The molecule has 20 heavy (non-hydrogen) atoms. The lowest BCUT2D eigenvalue weighted by atomic mass is 10.1. The van der Waals surface area contributed by atoms with Crippen LogP contribution in [0.5, 0.6) is 0 Å². The first-order chi connectivity index (χ1) is 9.51. The first kappa shape index (κ1) is 14.6. The summed E-state index contributed by atoms with van der Waals surface area (Å²) in [6.07, 6.45) is 0.377. The van der Waals surface area contributed by atoms with Crippen LogP contribution in [0.2, 0.25) is 0 Å². The second-order valence-electron chi connectivity index (χ2n) is 5.42. The van der Waals surface area contributed by atoms with Gasteiger partial charge in [-0.25, -0.2) is 0 Å². The second kappa shape index (κ2) is 6.10. The van der Waals surface area contributed by atoms with Crippen molar-refractivity contribution in [1.82, 2.24) is 0 Å². The van der Waals surface area contributed by atoms with Gasteiger partial charge in [0.15, 0.2) is 0 Å². The summed E-state index contributed by atoms with van der Waals surface area (Å²) in [4.78, 5) is 2.17. The molecule has 1 atom stereocenters. The summed E-state index contributed by atoms with van der Waals surface area (Å²) in [5.74, 6) is 0. The second-order valence-corrected chi connectivity index (χ2v) is 5.42. The Bertz CT molecular complexity index is 554. The van der Waals surface area contributed by atoms with Crippen molar-refractivity contribution < 1.29 is 5.11 Å². The quantitative estimate of drug-likeness (QED) is 0.882. The molecule has 2 heteroatoms. The third-order valence-electron chi connectivity index (χ3n) is 3.65. The maximum atomic E-state index is 9.83. The molecule has 0 aliphatic rings. The molecular formula is C18H23NO. The molecule has 2 aromatic rings. The van der Waals surface area contributed by atoms with Gasteiger partial charge in [0.2, 0.25) is 0 Å². The normalized spacial score (nSPS) is 12.2. The summed E-state index contributed by atoms with van der Waals surface area (Å²) in [7, 11) is 2.07. The van der Waals surface area contributed by atoms with E-state index in [1.165, 1.54) is 16.8 Å². The van der Waals surface area contributed by atoms with Crippen LogP contribution in [-0.2, 0) is 0 Å². The molecule has 0 spiro atoms. The summed E-state index contributed by atoms with van der Waals surface area (Å²) in [5, 5.41) is 9.83. The van der Waals surface area contributed by atoms with Gasteiger partial charge in [-0.2, -0.15) is 0 Å². The van der Waals surface area contributed by atoms with Gasteiger partial charge < -0.3 is 10.0 Å². The summed E-state index contributed by atoms with van der Waals surface area (Å²) in [6, 6.07) is 14.7. The molecule has 0 heterocycles. The third kappa shape index (κ3) is 3.20. The molecule has 0 aliphatic heterocycles. The highest BCUT2D eigenvalue weighted by molar-refractivity contribution is 5.64. The highest BCUT2D eigenvalue weighted by atomic mass is 16.3. The van der Waals surface area contributed by atoms with Crippen molar-refractivity contribution in [3.8, 4) is 0 Å². The van der Waals surface area contributed by atoms with Crippen LogP contribution < -0.4 is 4.90 Å². The Hall–Kier alpha value is -1.80. The smallest absolute Gasteiger partial charge is 0.0787 e. The van der Waals surface area contributed by atoms with E-state index in [1.807, 2.05) is 19.1 Å². The van der Waals surface area contributed by atoms with E-state index < -0.39 is 0 Å². The van der Waals surface area contributed by atoms with Crippen LogP contribution in [-0.4, -0.2) is 12.2 Å². The van der Waals surface area contributed by atoms with Crippen molar-refractivity contribution in [1.29, 1.82) is 0 Å². The van der Waals surface area contributed by atoms with E-state index in [2.05, 4.69) is 56.1 Å². The first-order valence-corrected chi connectivity index (χ1v) is 7.11. The van der Waals surface area contributed by atoms with Crippen LogP contribution in [0.15, 0.2) is 42.5 Å². The van der Waals surface area contributed by atoms with Crippen LogP contribution in [0.3, 0.4) is 0 Å². The Balaban J connectivity index is 2.26. The number of hydrogen-bond donors (Lipinski definition) is 1. The lowest BCUT2D eigenvalue weighted by Crippen LogP contribution is -2.10. The summed E-state index contributed by atoms with van der Waals surface area (Å²) in [5.41, 5.74) is 5.83. The van der Waals surface area contributed by atoms with Crippen LogP contribution in [0.4, 0.5) is 11.4 Å². The summed E-state index contributed by atoms with van der Waals surface area (Å²) < 4.78 is 0. The zero-order valence-electron chi connectivity index (χ0n) is 12.7. The van der Waals surface area contributed by atoms with E-state index in [1.54, 1.807) is 0 Å². The molecule has 0 fully saturated rings. The van der Waals surface area contributed by atoms with Crippen molar-refractivity contribution >= 4 is 11.4 Å². The minimum Gasteiger partial charge on any atom is -0.388 e. The molecule has 0 saturated heterocycles. The molecule has 0 radical (unpaired) electrons. The topological polar surface area (TPSA) is 23.5 Å². The lowest BCUT2D eigenvalue weighted by molar-refractivity contribution is 0.173. The zero-order chi connectivity index (χ0) is 14.7. The minimum atomic E-state index is -0.365. The number of benzene rings is 2. The molecule has 2 nitrogen and oxygen atoms in total. The average Bonchev–Trinajstić information content (AvgIpc) is 2.45. The number of aryl methyl sites for hydroxylation is 2. The molecule has 0 aromatic heterocycles. The van der Waals surface area contributed by atoms with Gasteiger partial charge in [-0.1, -0.05) is 25.1 Å². The molecule has 1 N–H and O–H groups in total. The molecular weight excluding hydrogens is 246 g/mol. The maximum Gasteiger partial charge on any atom is 0.0787 e. The molecule has 0 amide bonds. The molecule has 0 aliphatic carbocycles. The standard InChI is InChI=1S/C18H23NO/c1-5-18(20)15-6-8-16(9-7-15)19(4)17-11-13(2)10-14(3)12-17/h6-12,18,20H,5H2,1-4H3/t18-/m1/s1. The molecule has 106 valence electrons. The average molecular weight is 269 g/mol. The van der Waals surface area contributed by atoms with E-state index >= 15 is 0 Å². The Kier molecular flexibility index (Phi) is 4.46. The van der Waals surface area contributed by atoms with Gasteiger partial charge in [0, 0.05) is 18.4 Å². The van der Waals surface area contributed by atoms with Gasteiger partial charge in [0.25, 0.3) is 0 Å². The van der Waals surface area contributed by atoms with Gasteiger partial charge in [0.05, 0.1) is 6.10 Å². The molecule has 0 unspecified atom stereocenters. The molecule has 0 saturated carbocycles. The fraction of sp³-hybridized carbons (Fsp3) is 0.333.